The number of hydrogen-bond acceptors (Lipinski definition) is 0. The van der Waals surface area contributed by atoms with Crippen LogP contribution < -0.4 is 5.19 Å². The van der Waals surface area contributed by atoms with Crippen LogP contribution in [0.25, 0.3) is 0 Å². The molecule has 20 heavy (non-hydrogen) atoms. The number of benzene rings is 1. The van der Waals surface area contributed by atoms with Gasteiger partial charge in [-0.15, -0.1) is 22.2 Å². The van der Waals surface area contributed by atoms with Gasteiger partial charge in [-0.1, -0.05) is 62.1 Å². The fraction of sp³-hybridized carbons (Fsp3) is 0.571. The van der Waals surface area contributed by atoms with Crippen LogP contribution in [-0.2, 0) is 0 Å². The molecule has 0 N–H and O–H groups in total. The van der Waals surface area contributed by atoms with Crippen molar-refractivity contribution in [2.75, 3.05) is 0 Å². The maximum absolute atomic E-state index is 6.88. The van der Waals surface area contributed by atoms with E-state index in [1.54, 1.807) is 0 Å². The summed E-state index contributed by atoms with van der Waals surface area (Å²) in [5.41, 5.74) is 0. The van der Waals surface area contributed by atoms with Crippen LogP contribution in [0.2, 0.25) is 50.4 Å². The van der Waals surface area contributed by atoms with Crippen LogP contribution in [0.4, 0.5) is 0 Å². The summed E-state index contributed by atoms with van der Waals surface area (Å²) in [4.78, 5) is 0. The summed E-state index contributed by atoms with van der Waals surface area (Å²) in [6.45, 7) is 7.21. The van der Waals surface area contributed by atoms with Crippen LogP contribution in [0, 0.1) is 0 Å². The SMILES string of the molecule is C[Si](Cl)(Cl)CC[Si](C)(C)CC[Si](C)(Cl)c1ccccc1. The second-order valence-corrected chi connectivity index (χ2v) is 26.3. The molecule has 0 aliphatic heterocycles. The van der Waals surface area contributed by atoms with E-state index in [1.165, 1.54) is 17.3 Å². The smallest absolute Gasteiger partial charge is 0.161 e. The molecule has 6 heteroatoms. The minimum Gasteiger partial charge on any atom is -0.161 e. The molecule has 0 spiro atoms. The summed E-state index contributed by atoms with van der Waals surface area (Å²) < 4.78 is 0. The standard InChI is InChI=1S/C14H25Cl3Si3/c1-18(2,11-13-20(4,16)17)10-12-19(3,15)14-8-6-5-7-9-14/h5-9H,10-13H2,1-4H3. The van der Waals surface area contributed by atoms with Gasteiger partial charge < -0.3 is 0 Å². The highest BCUT2D eigenvalue weighted by molar-refractivity contribution is 7.45. The number of hydrogen-bond donors (Lipinski definition) is 0. The average molecular weight is 384 g/mol. The van der Waals surface area contributed by atoms with Crippen molar-refractivity contribution in [3.63, 3.8) is 0 Å². The lowest BCUT2D eigenvalue weighted by molar-refractivity contribution is 1.22. The van der Waals surface area contributed by atoms with Gasteiger partial charge in [-0.05, 0) is 23.8 Å². The van der Waals surface area contributed by atoms with Crippen LogP contribution in [0.1, 0.15) is 0 Å². The molecule has 0 saturated carbocycles. The Morgan fingerprint density at radius 1 is 0.750 bits per heavy atom. The van der Waals surface area contributed by atoms with Crippen LogP contribution in [0.5, 0.6) is 0 Å². The van der Waals surface area contributed by atoms with Crippen molar-refractivity contribution in [1.82, 2.24) is 0 Å². The minimum absolute atomic E-state index is 1.02. The first-order valence-electron chi connectivity index (χ1n) is 7.14. The van der Waals surface area contributed by atoms with E-state index in [0.29, 0.717) is 0 Å². The van der Waals surface area contributed by atoms with Crippen molar-refractivity contribution in [3.05, 3.63) is 30.3 Å². The van der Waals surface area contributed by atoms with E-state index in [-0.39, 0.29) is 0 Å². The molecule has 0 aliphatic rings. The Bertz CT molecular complexity index is 413. The second-order valence-electron chi connectivity index (χ2n) is 6.80. The third kappa shape index (κ3) is 7.14. The molecule has 0 fully saturated rings. The van der Waals surface area contributed by atoms with Gasteiger partial charge in [0.25, 0.3) is 0 Å². The third-order valence-electron chi connectivity index (χ3n) is 3.89. The van der Waals surface area contributed by atoms with Gasteiger partial charge in [-0.2, -0.15) is 11.1 Å². The second kappa shape index (κ2) is 7.34. The van der Waals surface area contributed by atoms with Crippen molar-refractivity contribution in [3.8, 4) is 0 Å². The summed E-state index contributed by atoms with van der Waals surface area (Å²) in [7, 11) is -3.05. The van der Waals surface area contributed by atoms with E-state index >= 15 is 0 Å². The topological polar surface area (TPSA) is 0 Å². The Hall–Kier alpha value is 0.741. The van der Waals surface area contributed by atoms with E-state index in [4.69, 9.17) is 33.2 Å². The molecular weight excluding hydrogens is 359 g/mol. The van der Waals surface area contributed by atoms with E-state index in [2.05, 4.69) is 50.0 Å². The molecule has 1 rings (SSSR count). The quantitative estimate of drug-likeness (QED) is 0.402. The van der Waals surface area contributed by atoms with Gasteiger partial charge in [0.1, 0.15) is 0 Å². The maximum atomic E-state index is 6.88. The minimum atomic E-state index is -1.95. The molecule has 0 amide bonds. The fourth-order valence-corrected chi connectivity index (χ4v) is 15.6. The highest BCUT2D eigenvalue weighted by atomic mass is 35.7. The monoisotopic (exact) mass is 382 g/mol. The largest absolute Gasteiger partial charge is 0.248 e. The van der Waals surface area contributed by atoms with Crippen LogP contribution >= 0.6 is 33.2 Å². The van der Waals surface area contributed by atoms with Crippen molar-refractivity contribution >= 4 is 60.6 Å². The molecule has 1 atom stereocenters. The zero-order valence-corrected chi connectivity index (χ0v) is 18.1. The van der Waals surface area contributed by atoms with Crippen LogP contribution in [-0.4, -0.2) is 22.2 Å². The lowest BCUT2D eigenvalue weighted by Crippen LogP contribution is -2.41. The molecule has 0 aromatic heterocycles. The predicted molar refractivity (Wildman–Crippen MR) is 104 cm³/mol. The van der Waals surface area contributed by atoms with Gasteiger partial charge in [0.2, 0.25) is 6.69 Å². The highest BCUT2D eigenvalue weighted by Crippen LogP contribution is 2.31. The van der Waals surface area contributed by atoms with Gasteiger partial charge in [-0.3, -0.25) is 0 Å². The summed E-state index contributed by atoms with van der Waals surface area (Å²) >= 11 is 19.3. The van der Waals surface area contributed by atoms with Crippen molar-refractivity contribution in [2.24, 2.45) is 0 Å². The molecule has 0 bridgehead atoms. The fourth-order valence-electron chi connectivity index (χ4n) is 2.19. The van der Waals surface area contributed by atoms with Gasteiger partial charge in [0, 0.05) is 8.07 Å². The predicted octanol–water partition coefficient (Wildman–Crippen LogP) is 5.97. The highest BCUT2D eigenvalue weighted by Gasteiger charge is 2.33. The Kier molecular flexibility index (Phi) is 6.89. The van der Waals surface area contributed by atoms with E-state index in [1.807, 2.05) is 6.55 Å². The average Bonchev–Trinajstić information content (AvgIpc) is 2.35. The Morgan fingerprint density at radius 3 is 1.75 bits per heavy atom. The lowest BCUT2D eigenvalue weighted by atomic mass is 10.4. The van der Waals surface area contributed by atoms with Gasteiger partial charge >= 0.3 is 0 Å². The van der Waals surface area contributed by atoms with E-state index in [9.17, 15) is 0 Å². The molecule has 0 aliphatic carbocycles. The summed E-state index contributed by atoms with van der Waals surface area (Å²) in [6, 6.07) is 15.2. The van der Waals surface area contributed by atoms with E-state index in [0.717, 1.165) is 12.1 Å². The van der Waals surface area contributed by atoms with Crippen LogP contribution in [0.15, 0.2) is 30.3 Å². The zero-order valence-electron chi connectivity index (χ0n) is 12.8. The van der Waals surface area contributed by atoms with Crippen molar-refractivity contribution in [2.45, 2.75) is 50.4 Å². The Labute approximate surface area is 141 Å². The first-order valence-corrected chi connectivity index (χ1v) is 19.0. The molecule has 1 aromatic rings. The molecule has 0 saturated heterocycles. The Balaban J connectivity index is 2.57. The van der Waals surface area contributed by atoms with E-state index < -0.39 is 22.2 Å². The summed E-state index contributed by atoms with van der Waals surface area (Å²) in [5, 5.41) is 1.35. The molecule has 1 aromatic carbocycles. The number of rotatable bonds is 7. The molecule has 114 valence electrons. The Morgan fingerprint density at radius 2 is 1.25 bits per heavy atom. The molecule has 0 heterocycles. The van der Waals surface area contributed by atoms with Crippen molar-refractivity contribution < 1.29 is 0 Å². The molecule has 0 nitrogen and oxygen atoms in total. The van der Waals surface area contributed by atoms with Gasteiger partial charge in [0.15, 0.2) is 7.38 Å². The summed E-state index contributed by atoms with van der Waals surface area (Å²) in [5.74, 6) is 0. The molecular formula is C14H25Cl3Si3. The third-order valence-corrected chi connectivity index (χ3v) is 14.3. The zero-order chi connectivity index (χ0) is 15.4. The number of halogens is 3. The first kappa shape index (κ1) is 18.8. The normalized spacial score (nSPS) is 15.9. The molecule has 1 unspecified atom stereocenters. The van der Waals surface area contributed by atoms with Crippen LogP contribution in [0.3, 0.4) is 0 Å². The first-order chi connectivity index (χ1) is 9.02. The van der Waals surface area contributed by atoms with Crippen molar-refractivity contribution in [1.29, 1.82) is 0 Å². The molecule has 0 radical (unpaired) electrons. The van der Waals surface area contributed by atoms with Gasteiger partial charge in [-0.25, -0.2) is 0 Å². The lowest BCUT2D eigenvalue weighted by Gasteiger charge is -2.28. The van der Waals surface area contributed by atoms with Gasteiger partial charge in [0.05, 0.1) is 0 Å². The summed E-state index contributed by atoms with van der Waals surface area (Å²) in [6.07, 6.45) is 0. The maximum Gasteiger partial charge on any atom is 0.248 e.